The lowest BCUT2D eigenvalue weighted by molar-refractivity contribution is 0.482. The molecule has 0 saturated heterocycles. The topological polar surface area (TPSA) is 46.2 Å². The molecule has 3 nitrogen and oxygen atoms in total. The van der Waals surface area contributed by atoms with Crippen molar-refractivity contribution in [1.29, 1.82) is 0 Å². The number of sulfonamides is 1. The summed E-state index contributed by atoms with van der Waals surface area (Å²) in [7, 11) is -3.39. The Bertz CT molecular complexity index is 782. The highest BCUT2D eigenvalue weighted by Gasteiger charge is 2.50. The zero-order valence-electron chi connectivity index (χ0n) is 10.3. The zero-order valence-corrected chi connectivity index (χ0v) is 11.1. The highest BCUT2D eigenvalue weighted by Crippen LogP contribution is 2.48. The minimum absolute atomic E-state index is 0.423. The van der Waals surface area contributed by atoms with E-state index in [9.17, 15) is 8.42 Å². The molecule has 4 rings (SSSR count). The van der Waals surface area contributed by atoms with Crippen molar-refractivity contribution in [3.05, 3.63) is 65.2 Å². The quantitative estimate of drug-likeness (QED) is 0.798. The van der Waals surface area contributed by atoms with Crippen LogP contribution in [-0.2, 0) is 22.0 Å². The Morgan fingerprint density at radius 2 is 1.63 bits per heavy atom. The maximum Gasteiger partial charge on any atom is 0.242 e. The maximum absolute atomic E-state index is 12.3. The molecule has 2 aromatic rings. The molecule has 96 valence electrons. The molecule has 1 N–H and O–H groups in total. The van der Waals surface area contributed by atoms with Gasteiger partial charge < -0.3 is 0 Å². The Labute approximate surface area is 112 Å². The molecule has 0 fully saturated rings. The summed E-state index contributed by atoms with van der Waals surface area (Å²) in [6, 6.07) is 15.4. The summed E-state index contributed by atoms with van der Waals surface area (Å²) in [5, 5.41) is 0. The van der Waals surface area contributed by atoms with Crippen LogP contribution in [-0.4, -0.2) is 8.42 Å². The first-order chi connectivity index (χ1) is 9.13. The third kappa shape index (κ3) is 1.33. The number of benzene rings is 2. The van der Waals surface area contributed by atoms with Crippen molar-refractivity contribution >= 4 is 10.0 Å². The lowest BCUT2D eigenvalue weighted by Gasteiger charge is -2.25. The van der Waals surface area contributed by atoms with Gasteiger partial charge in [-0.05, 0) is 35.6 Å². The largest absolute Gasteiger partial charge is 0.242 e. The molecule has 1 heterocycles. The Kier molecular flexibility index (Phi) is 2.04. The van der Waals surface area contributed by atoms with Gasteiger partial charge in [0.05, 0.1) is 10.4 Å². The molecule has 0 aromatic heterocycles. The van der Waals surface area contributed by atoms with Gasteiger partial charge in [0, 0.05) is 0 Å². The fraction of sp³-hybridized carbons (Fsp3) is 0.200. The van der Waals surface area contributed by atoms with Crippen molar-refractivity contribution < 1.29 is 8.42 Å². The Hall–Kier alpha value is -1.65. The van der Waals surface area contributed by atoms with Gasteiger partial charge in [-0.1, -0.05) is 42.5 Å². The first-order valence-electron chi connectivity index (χ1n) is 6.35. The number of hydrogen-bond acceptors (Lipinski definition) is 2. The number of fused-ring (bicyclic) bond motifs is 4. The van der Waals surface area contributed by atoms with E-state index in [2.05, 4.69) is 10.8 Å². The second-order valence-electron chi connectivity index (χ2n) is 5.16. The van der Waals surface area contributed by atoms with E-state index in [1.165, 1.54) is 5.56 Å². The molecule has 4 heteroatoms. The van der Waals surface area contributed by atoms with Crippen LogP contribution in [0, 0.1) is 0 Å². The second kappa shape index (κ2) is 3.46. The SMILES string of the molecule is O=S1(=O)N[C@@]2(CCc3ccccc32)c2ccccc21. The summed E-state index contributed by atoms with van der Waals surface area (Å²) in [5.41, 5.74) is 2.68. The smallest absolute Gasteiger partial charge is 0.207 e. The summed E-state index contributed by atoms with van der Waals surface area (Å²) in [6.07, 6.45) is 1.70. The van der Waals surface area contributed by atoms with Crippen molar-refractivity contribution in [2.24, 2.45) is 0 Å². The first kappa shape index (κ1) is 11.2. The van der Waals surface area contributed by atoms with E-state index >= 15 is 0 Å². The molecule has 0 saturated carbocycles. The van der Waals surface area contributed by atoms with Gasteiger partial charge in [0.2, 0.25) is 10.0 Å². The van der Waals surface area contributed by atoms with Gasteiger partial charge in [-0.15, -0.1) is 0 Å². The van der Waals surface area contributed by atoms with E-state index in [0.29, 0.717) is 4.90 Å². The van der Waals surface area contributed by atoms with Gasteiger partial charge in [0.25, 0.3) is 0 Å². The van der Waals surface area contributed by atoms with E-state index in [1.54, 1.807) is 12.1 Å². The van der Waals surface area contributed by atoms with Crippen LogP contribution in [0.4, 0.5) is 0 Å². The molecule has 0 unspecified atom stereocenters. The zero-order chi connectivity index (χ0) is 13.1. The number of hydrogen-bond donors (Lipinski definition) is 1. The molecule has 1 spiro atoms. The van der Waals surface area contributed by atoms with Crippen LogP contribution in [0.2, 0.25) is 0 Å². The van der Waals surface area contributed by atoms with Crippen LogP contribution in [0.5, 0.6) is 0 Å². The molecular weight excluding hydrogens is 258 g/mol. The van der Waals surface area contributed by atoms with Crippen LogP contribution in [0.3, 0.4) is 0 Å². The van der Waals surface area contributed by atoms with Crippen molar-refractivity contribution in [3.63, 3.8) is 0 Å². The van der Waals surface area contributed by atoms with Crippen molar-refractivity contribution in [3.8, 4) is 0 Å². The van der Waals surface area contributed by atoms with Gasteiger partial charge in [-0.3, -0.25) is 0 Å². The van der Waals surface area contributed by atoms with Crippen molar-refractivity contribution in [1.82, 2.24) is 4.72 Å². The number of nitrogens with one attached hydrogen (secondary N) is 1. The minimum atomic E-state index is -3.39. The van der Waals surface area contributed by atoms with Crippen LogP contribution >= 0.6 is 0 Å². The van der Waals surface area contributed by atoms with E-state index in [1.807, 2.05) is 30.3 Å². The summed E-state index contributed by atoms with van der Waals surface area (Å²) in [5.74, 6) is 0. The van der Waals surface area contributed by atoms with Crippen molar-refractivity contribution in [2.75, 3.05) is 0 Å². The second-order valence-corrected chi connectivity index (χ2v) is 6.81. The molecule has 1 aliphatic heterocycles. The molecule has 2 aliphatic rings. The molecular formula is C15H13NO2S. The molecule has 0 amide bonds. The summed E-state index contributed by atoms with van der Waals surface area (Å²) >= 11 is 0. The normalized spacial score (nSPS) is 26.3. The van der Waals surface area contributed by atoms with Crippen LogP contribution < -0.4 is 4.72 Å². The van der Waals surface area contributed by atoms with Crippen LogP contribution in [0.15, 0.2) is 53.4 Å². The number of rotatable bonds is 0. The van der Waals surface area contributed by atoms with Gasteiger partial charge in [0.15, 0.2) is 0 Å². The van der Waals surface area contributed by atoms with Gasteiger partial charge in [0.1, 0.15) is 0 Å². The van der Waals surface area contributed by atoms with E-state index < -0.39 is 15.6 Å². The average molecular weight is 271 g/mol. The molecule has 2 aromatic carbocycles. The van der Waals surface area contributed by atoms with Gasteiger partial charge >= 0.3 is 0 Å². The minimum Gasteiger partial charge on any atom is -0.207 e. The molecule has 1 atom stereocenters. The molecule has 1 aliphatic carbocycles. The highest BCUT2D eigenvalue weighted by atomic mass is 32.2. The Balaban J connectivity index is 2.06. The molecule has 0 bridgehead atoms. The third-order valence-electron chi connectivity index (χ3n) is 4.19. The van der Waals surface area contributed by atoms with Crippen LogP contribution in [0.25, 0.3) is 0 Å². The summed E-state index contributed by atoms with van der Waals surface area (Å²) in [4.78, 5) is 0.423. The van der Waals surface area contributed by atoms with E-state index in [4.69, 9.17) is 0 Å². The monoisotopic (exact) mass is 271 g/mol. The van der Waals surface area contributed by atoms with E-state index in [0.717, 1.165) is 24.0 Å². The highest BCUT2D eigenvalue weighted by molar-refractivity contribution is 7.89. The summed E-state index contributed by atoms with van der Waals surface area (Å²) < 4.78 is 27.5. The van der Waals surface area contributed by atoms with E-state index in [-0.39, 0.29) is 0 Å². The lowest BCUT2D eigenvalue weighted by atomic mass is 9.85. The third-order valence-corrected chi connectivity index (χ3v) is 5.74. The Morgan fingerprint density at radius 3 is 2.47 bits per heavy atom. The fourth-order valence-corrected chi connectivity index (χ4v) is 5.07. The Morgan fingerprint density at radius 1 is 0.947 bits per heavy atom. The number of aryl methyl sites for hydroxylation is 1. The van der Waals surface area contributed by atoms with Crippen LogP contribution in [0.1, 0.15) is 23.1 Å². The molecule has 19 heavy (non-hydrogen) atoms. The maximum atomic E-state index is 12.3. The fourth-order valence-electron chi connectivity index (χ4n) is 3.39. The average Bonchev–Trinajstić information content (AvgIpc) is 2.89. The standard InChI is InChI=1S/C15H13NO2S/c17-19(18)14-8-4-3-7-13(14)15(16-19)10-9-11-5-1-2-6-12(11)15/h1-8,16H,9-10H2/t15-/m1/s1. The summed E-state index contributed by atoms with van der Waals surface area (Å²) in [6.45, 7) is 0. The lowest BCUT2D eigenvalue weighted by Crippen LogP contribution is -2.38. The predicted octanol–water partition coefficient (Wildman–Crippen LogP) is 2.17. The van der Waals surface area contributed by atoms with Crippen molar-refractivity contribution in [2.45, 2.75) is 23.3 Å². The van der Waals surface area contributed by atoms with Gasteiger partial charge in [-0.25, -0.2) is 8.42 Å². The van der Waals surface area contributed by atoms with Gasteiger partial charge in [-0.2, -0.15) is 4.72 Å². The predicted molar refractivity (Wildman–Crippen MR) is 72.3 cm³/mol. The first-order valence-corrected chi connectivity index (χ1v) is 7.84. The molecule has 0 radical (unpaired) electrons.